The molecule has 2 heterocycles. The number of halogens is 4. The van der Waals surface area contributed by atoms with Crippen LogP contribution in [0.15, 0.2) is 18.7 Å². The molecule has 0 saturated heterocycles. The summed E-state index contributed by atoms with van der Waals surface area (Å²) >= 11 is 0. The van der Waals surface area contributed by atoms with Crippen molar-refractivity contribution in [3.8, 4) is 0 Å². The molecule has 140 valence electrons. The van der Waals surface area contributed by atoms with Crippen molar-refractivity contribution in [1.82, 2.24) is 19.9 Å². The number of rotatable bonds is 6. The molecule has 10 heteroatoms. The van der Waals surface area contributed by atoms with E-state index in [9.17, 15) is 17.6 Å². The summed E-state index contributed by atoms with van der Waals surface area (Å²) in [5.74, 6) is -1.54. The molecule has 0 amide bonds. The van der Waals surface area contributed by atoms with Crippen LogP contribution in [0.1, 0.15) is 37.6 Å². The minimum Gasteiger partial charge on any atom is -0.368 e. The van der Waals surface area contributed by atoms with E-state index in [0.29, 0.717) is 12.1 Å². The fraction of sp³-hybridized carbons (Fsp3) is 0.500. The first-order valence-electron chi connectivity index (χ1n) is 8.29. The lowest BCUT2D eigenvalue weighted by Gasteiger charge is -2.38. The number of hydrogen-bond donors (Lipinski definition) is 1. The molecular weight excluding hydrogens is 352 g/mol. The van der Waals surface area contributed by atoms with Crippen molar-refractivity contribution < 1.29 is 17.6 Å². The van der Waals surface area contributed by atoms with Gasteiger partial charge in [-0.2, -0.15) is 17.6 Å². The Balaban J connectivity index is 1.87. The third kappa shape index (κ3) is 3.83. The summed E-state index contributed by atoms with van der Waals surface area (Å²) in [6, 6.07) is 0.0659. The third-order valence-electron chi connectivity index (χ3n) is 4.21. The first-order chi connectivity index (χ1) is 12.4. The van der Waals surface area contributed by atoms with Gasteiger partial charge in [0, 0.05) is 37.1 Å². The molecule has 6 nitrogen and oxygen atoms in total. The molecule has 1 N–H and O–H groups in total. The number of nitrogens with one attached hydrogen (secondary N) is 1. The first kappa shape index (κ1) is 18.3. The summed E-state index contributed by atoms with van der Waals surface area (Å²) in [5, 5.41) is 2.83. The highest BCUT2D eigenvalue weighted by Gasteiger charge is 2.34. The van der Waals surface area contributed by atoms with Crippen molar-refractivity contribution in [2.75, 3.05) is 16.8 Å². The minimum atomic E-state index is -4.59. The lowest BCUT2D eigenvalue weighted by atomic mass is 9.91. The molecule has 0 atom stereocenters. The van der Waals surface area contributed by atoms with Gasteiger partial charge in [-0.1, -0.05) is 0 Å². The van der Waals surface area contributed by atoms with Gasteiger partial charge in [0.05, 0.1) is 0 Å². The van der Waals surface area contributed by atoms with Crippen LogP contribution in [-0.2, 0) is 12.7 Å². The first-order valence-corrected chi connectivity index (χ1v) is 8.29. The van der Waals surface area contributed by atoms with E-state index in [2.05, 4.69) is 25.3 Å². The van der Waals surface area contributed by atoms with Gasteiger partial charge in [0.25, 0.3) is 0 Å². The van der Waals surface area contributed by atoms with Gasteiger partial charge in [-0.15, -0.1) is 0 Å². The molecule has 3 rings (SSSR count). The zero-order valence-corrected chi connectivity index (χ0v) is 14.1. The van der Waals surface area contributed by atoms with Crippen molar-refractivity contribution in [3.05, 3.63) is 35.9 Å². The van der Waals surface area contributed by atoms with Gasteiger partial charge in [-0.25, -0.2) is 19.9 Å². The van der Waals surface area contributed by atoms with Gasteiger partial charge in [0.15, 0.2) is 11.6 Å². The smallest absolute Gasteiger partial charge is 0.368 e. The van der Waals surface area contributed by atoms with Gasteiger partial charge in [0.2, 0.25) is 11.6 Å². The summed E-state index contributed by atoms with van der Waals surface area (Å²) in [7, 11) is 0. The number of nitrogens with zero attached hydrogens (tertiary/aromatic N) is 5. The van der Waals surface area contributed by atoms with E-state index < -0.39 is 17.8 Å². The van der Waals surface area contributed by atoms with Crippen LogP contribution in [0.3, 0.4) is 0 Å². The van der Waals surface area contributed by atoms with Crippen LogP contribution in [-0.4, -0.2) is 32.5 Å². The van der Waals surface area contributed by atoms with E-state index in [-0.39, 0.29) is 24.2 Å². The van der Waals surface area contributed by atoms with Crippen molar-refractivity contribution in [1.29, 1.82) is 0 Å². The molecule has 1 saturated carbocycles. The van der Waals surface area contributed by atoms with Gasteiger partial charge >= 0.3 is 6.18 Å². The Morgan fingerprint density at radius 2 is 1.85 bits per heavy atom. The molecule has 2 aromatic heterocycles. The molecule has 0 aromatic carbocycles. The third-order valence-corrected chi connectivity index (χ3v) is 4.21. The Morgan fingerprint density at radius 3 is 2.38 bits per heavy atom. The monoisotopic (exact) mass is 370 g/mol. The lowest BCUT2D eigenvalue weighted by molar-refractivity contribution is -0.145. The molecule has 0 bridgehead atoms. The van der Waals surface area contributed by atoms with Crippen LogP contribution < -0.4 is 10.2 Å². The Labute approximate surface area is 147 Å². The summed E-state index contributed by atoms with van der Waals surface area (Å²) in [6.45, 7) is 2.50. The highest BCUT2D eigenvalue weighted by molar-refractivity contribution is 5.52. The molecule has 0 aliphatic heterocycles. The maximum atomic E-state index is 14.7. The van der Waals surface area contributed by atoms with Crippen molar-refractivity contribution in [3.63, 3.8) is 0 Å². The van der Waals surface area contributed by atoms with Crippen LogP contribution in [0.5, 0.6) is 0 Å². The second-order valence-corrected chi connectivity index (χ2v) is 6.02. The van der Waals surface area contributed by atoms with Crippen LogP contribution in [0, 0.1) is 5.82 Å². The molecule has 0 spiro atoms. The van der Waals surface area contributed by atoms with Gasteiger partial charge in [-0.3, -0.25) is 0 Å². The highest BCUT2D eigenvalue weighted by atomic mass is 19.4. The number of aromatic nitrogens is 4. The van der Waals surface area contributed by atoms with Crippen molar-refractivity contribution in [2.45, 2.75) is 44.9 Å². The van der Waals surface area contributed by atoms with Crippen molar-refractivity contribution >= 4 is 11.6 Å². The summed E-state index contributed by atoms with van der Waals surface area (Å²) in [4.78, 5) is 16.4. The van der Waals surface area contributed by atoms with Crippen LogP contribution in [0.25, 0.3) is 0 Å². The van der Waals surface area contributed by atoms with E-state index in [0.717, 1.165) is 31.7 Å². The van der Waals surface area contributed by atoms with E-state index in [1.54, 1.807) is 4.90 Å². The number of alkyl halides is 3. The van der Waals surface area contributed by atoms with Crippen LogP contribution in [0.2, 0.25) is 0 Å². The normalized spacial score (nSPS) is 14.8. The fourth-order valence-electron chi connectivity index (χ4n) is 2.71. The fourth-order valence-corrected chi connectivity index (χ4v) is 2.71. The van der Waals surface area contributed by atoms with E-state index >= 15 is 0 Å². The molecule has 2 aromatic rings. The minimum absolute atomic E-state index is 0.0659. The number of hydrogen-bond acceptors (Lipinski definition) is 6. The van der Waals surface area contributed by atoms with Gasteiger partial charge < -0.3 is 10.2 Å². The van der Waals surface area contributed by atoms with Crippen LogP contribution in [0.4, 0.5) is 29.2 Å². The Kier molecular flexibility index (Phi) is 5.19. The molecule has 1 aliphatic carbocycles. The molecule has 26 heavy (non-hydrogen) atoms. The standard InChI is InChI=1S/C16H18F4N6/c1-2-21-13-12(17)14(25-9-24-13)26(11-4-3-5-11)8-10-6-22-15(23-7-10)16(18,19)20/h6-7,9,11H,2-5,8H2,1H3,(H,21,24,25). The number of anilines is 2. The van der Waals surface area contributed by atoms with Crippen LogP contribution >= 0.6 is 0 Å². The van der Waals surface area contributed by atoms with E-state index in [1.165, 1.54) is 6.33 Å². The topological polar surface area (TPSA) is 66.8 Å². The SMILES string of the molecule is CCNc1ncnc(N(Cc2cnc(C(F)(F)F)nc2)C2CCC2)c1F. The van der Waals surface area contributed by atoms with Crippen molar-refractivity contribution in [2.24, 2.45) is 0 Å². The Hall–Kier alpha value is -2.52. The second-order valence-electron chi connectivity index (χ2n) is 6.02. The van der Waals surface area contributed by atoms with Gasteiger partial charge in [0.1, 0.15) is 6.33 Å². The molecular formula is C16H18F4N6. The lowest BCUT2D eigenvalue weighted by Crippen LogP contribution is -2.41. The highest BCUT2D eigenvalue weighted by Crippen LogP contribution is 2.33. The average Bonchev–Trinajstić information content (AvgIpc) is 2.54. The summed E-state index contributed by atoms with van der Waals surface area (Å²) < 4.78 is 52.5. The maximum Gasteiger partial charge on any atom is 0.451 e. The van der Waals surface area contributed by atoms with E-state index in [1.807, 2.05) is 6.92 Å². The van der Waals surface area contributed by atoms with Gasteiger partial charge in [-0.05, 0) is 26.2 Å². The largest absolute Gasteiger partial charge is 0.451 e. The molecule has 0 unspecified atom stereocenters. The zero-order chi connectivity index (χ0) is 18.7. The second kappa shape index (κ2) is 7.38. The zero-order valence-electron chi connectivity index (χ0n) is 14.1. The molecule has 1 fully saturated rings. The summed E-state index contributed by atoms with van der Waals surface area (Å²) in [5.41, 5.74) is 0.452. The molecule has 1 aliphatic rings. The Morgan fingerprint density at radius 1 is 1.15 bits per heavy atom. The summed E-state index contributed by atoms with van der Waals surface area (Å²) in [6.07, 6.45) is 1.65. The quantitative estimate of drug-likeness (QED) is 0.786. The van der Waals surface area contributed by atoms with E-state index in [4.69, 9.17) is 0 Å². The maximum absolute atomic E-state index is 14.7. The predicted octanol–water partition coefficient (Wildman–Crippen LogP) is 3.42. The predicted molar refractivity (Wildman–Crippen MR) is 87.0 cm³/mol. The Bertz CT molecular complexity index is 745. The molecule has 0 radical (unpaired) electrons. The average molecular weight is 370 g/mol.